The van der Waals surface area contributed by atoms with Crippen molar-refractivity contribution in [2.24, 2.45) is 15.3 Å². The Balaban J connectivity index is 1.95. The minimum absolute atomic E-state index is 0.160. The van der Waals surface area contributed by atoms with Crippen molar-refractivity contribution in [3.63, 3.8) is 0 Å². The van der Waals surface area contributed by atoms with E-state index >= 15 is 0 Å². The molecule has 3 rings (SSSR count). The second-order valence-corrected chi connectivity index (χ2v) is 8.19. The lowest BCUT2D eigenvalue weighted by molar-refractivity contribution is -0.117. The quantitative estimate of drug-likeness (QED) is 0.593. The molecule has 2 aromatic carbocycles. The Kier molecular flexibility index (Phi) is 5.33. The molecule has 0 saturated heterocycles. The van der Waals surface area contributed by atoms with Crippen molar-refractivity contribution in [3.8, 4) is 0 Å². The van der Waals surface area contributed by atoms with Crippen LogP contribution in [-0.2, 0) is 14.9 Å². The molecule has 0 fully saturated rings. The number of carbonyl (C=O) groups excluding carboxylic acids is 1. The fourth-order valence-corrected chi connectivity index (χ4v) is 3.53. The summed E-state index contributed by atoms with van der Waals surface area (Å²) in [4.78, 5) is 12.3. The number of hydrazone groups is 1. The topological polar surface area (TPSA) is 112 Å². The molecule has 0 aliphatic carbocycles. The molecule has 0 aromatic heterocycles. The number of nitrogens with zero attached hydrogens (tertiary/aromatic N) is 4. The van der Waals surface area contributed by atoms with Crippen LogP contribution in [0.3, 0.4) is 0 Å². The molecule has 8 nitrogen and oxygen atoms in total. The Labute approximate surface area is 167 Å². The van der Waals surface area contributed by atoms with Crippen LogP contribution in [0.2, 0.25) is 5.02 Å². The molecule has 1 aliphatic heterocycles. The highest BCUT2D eigenvalue weighted by atomic mass is 35.5. The van der Waals surface area contributed by atoms with Crippen LogP contribution in [0.15, 0.2) is 56.6 Å². The summed E-state index contributed by atoms with van der Waals surface area (Å²) in [6.07, 6.45) is 0. The van der Waals surface area contributed by atoms with Gasteiger partial charge in [0.15, 0.2) is 6.04 Å². The van der Waals surface area contributed by atoms with Gasteiger partial charge in [-0.3, -0.25) is 9.35 Å². The molecule has 2 aromatic rings. The van der Waals surface area contributed by atoms with Crippen molar-refractivity contribution in [1.29, 1.82) is 0 Å². The average Bonchev–Trinajstić information content (AvgIpc) is 2.89. The number of halogens is 1. The third kappa shape index (κ3) is 3.96. The zero-order chi connectivity index (χ0) is 20.6. The lowest BCUT2D eigenvalue weighted by Crippen LogP contribution is -2.29. The number of benzene rings is 2. The number of aryl methyl sites for hydroxylation is 2. The number of anilines is 1. The molecule has 1 heterocycles. The van der Waals surface area contributed by atoms with Crippen LogP contribution in [0.1, 0.15) is 18.1 Å². The number of azo groups is 1. The number of amides is 1. The Morgan fingerprint density at radius 2 is 1.89 bits per heavy atom. The van der Waals surface area contributed by atoms with Crippen LogP contribution in [0.4, 0.5) is 11.4 Å². The van der Waals surface area contributed by atoms with Crippen molar-refractivity contribution >= 4 is 44.7 Å². The second-order valence-electron chi connectivity index (χ2n) is 6.39. The lowest BCUT2D eigenvalue weighted by atomic mass is 10.2. The van der Waals surface area contributed by atoms with E-state index in [1.807, 2.05) is 25.1 Å². The van der Waals surface area contributed by atoms with E-state index in [2.05, 4.69) is 15.3 Å². The summed E-state index contributed by atoms with van der Waals surface area (Å²) in [5.41, 5.74) is 2.26. The van der Waals surface area contributed by atoms with E-state index in [4.69, 9.17) is 11.6 Å². The number of hydrogen-bond acceptors (Lipinski definition) is 6. The van der Waals surface area contributed by atoms with Crippen LogP contribution in [0, 0.1) is 13.8 Å². The highest BCUT2D eigenvalue weighted by Crippen LogP contribution is 2.32. The fourth-order valence-electron chi connectivity index (χ4n) is 2.68. The molecule has 0 saturated carbocycles. The van der Waals surface area contributed by atoms with Gasteiger partial charge in [0.2, 0.25) is 0 Å². The predicted molar refractivity (Wildman–Crippen MR) is 106 cm³/mol. The molecule has 146 valence electrons. The maximum absolute atomic E-state index is 12.7. The normalized spacial score (nSPS) is 17.5. The highest BCUT2D eigenvalue weighted by molar-refractivity contribution is 7.86. The van der Waals surface area contributed by atoms with Crippen LogP contribution in [-0.4, -0.2) is 30.6 Å². The largest absolute Gasteiger partial charge is 0.296 e. The van der Waals surface area contributed by atoms with E-state index < -0.39 is 27.0 Å². The van der Waals surface area contributed by atoms with Crippen molar-refractivity contribution in [3.05, 3.63) is 52.5 Å². The van der Waals surface area contributed by atoms with Crippen molar-refractivity contribution in [2.75, 3.05) is 5.01 Å². The van der Waals surface area contributed by atoms with Gasteiger partial charge in [0.05, 0.1) is 11.4 Å². The molecular formula is C18H17ClN4O4S. The van der Waals surface area contributed by atoms with E-state index in [1.165, 1.54) is 17.1 Å². The van der Waals surface area contributed by atoms with Gasteiger partial charge in [-0.2, -0.15) is 28.8 Å². The van der Waals surface area contributed by atoms with Gasteiger partial charge in [-0.15, -0.1) is 0 Å². The molecular weight excluding hydrogens is 404 g/mol. The summed E-state index contributed by atoms with van der Waals surface area (Å²) in [5.74, 6) is -0.418. The van der Waals surface area contributed by atoms with Gasteiger partial charge in [0.25, 0.3) is 16.0 Å². The first-order valence-corrected chi connectivity index (χ1v) is 10.0. The first-order chi connectivity index (χ1) is 13.1. The lowest BCUT2D eigenvalue weighted by Gasteiger charge is -2.13. The molecule has 28 heavy (non-hydrogen) atoms. The summed E-state index contributed by atoms with van der Waals surface area (Å²) >= 11 is 6.03. The van der Waals surface area contributed by atoms with Crippen molar-refractivity contribution in [2.45, 2.75) is 31.7 Å². The molecule has 1 aliphatic rings. The Hall–Kier alpha value is -2.62. The van der Waals surface area contributed by atoms with Gasteiger partial charge >= 0.3 is 0 Å². The zero-order valence-corrected chi connectivity index (χ0v) is 16.9. The molecule has 1 amide bonds. The summed E-state index contributed by atoms with van der Waals surface area (Å²) < 4.78 is 32.7. The Morgan fingerprint density at radius 1 is 1.18 bits per heavy atom. The standard InChI is InChI=1S/C18H17ClN4O4S/c1-10-5-4-6-13(7-10)23-18(24)17(12(3)22-23)21-20-15-9-14(19)11(2)8-16(15)28(25,26)27/h4-9,17H,1-3H3,(H,25,26,27)/b21-20+. The summed E-state index contributed by atoms with van der Waals surface area (Å²) in [6, 6.07) is 8.73. The maximum Gasteiger partial charge on any atom is 0.296 e. The van der Waals surface area contributed by atoms with E-state index in [9.17, 15) is 17.8 Å². The smallest absolute Gasteiger partial charge is 0.282 e. The molecule has 1 unspecified atom stereocenters. The van der Waals surface area contributed by atoms with Gasteiger partial charge in [0.1, 0.15) is 10.6 Å². The van der Waals surface area contributed by atoms with Gasteiger partial charge in [-0.05, 0) is 56.2 Å². The molecule has 0 bridgehead atoms. The first kappa shape index (κ1) is 20.1. The molecule has 1 N–H and O–H groups in total. The maximum atomic E-state index is 12.7. The summed E-state index contributed by atoms with van der Waals surface area (Å²) in [7, 11) is -4.54. The monoisotopic (exact) mass is 420 g/mol. The number of rotatable bonds is 4. The Bertz CT molecular complexity index is 1130. The Morgan fingerprint density at radius 3 is 2.54 bits per heavy atom. The van der Waals surface area contributed by atoms with Crippen LogP contribution in [0.5, 0.6) is 0 Å². The van der Waals surface area contributed by atoms with Crippen LogP contribution < -0.4 is 5.01 Å². The minimum Gasteiger partial charge on any atom is -0.282 e. The third-order valence-electron chi connectivity index (χ3n) is 4.14. The molecule has 0 radical (unpaired) electrons. The van der Waals surface area contributed by atoms with E-state index in [-0.39, 0.29) is 10.7 Å². The fraction of sp³-hybridized carbons (Fsp3) is 0.222. The minimum atomic E-state index is -4.54. The first-order valence-electron chi connectivity index (χ1n) is 8.22. The van der Waals surface area contributed by atoms with Gasteiger partial charge < -0.3 is 0 Å². The average molecular weight is 421 g/mol. The second kappa shape index (κ2) is 7.42. The van der Waals surface area contributed by atoms with Crippen molar-refractivity contribution in [1.82, 2.24) is 0 Å². The highest BCUT2D eigenvalue weighted by Gasteiger charge is 2.35. The van der Waals surface area contributed by atoms with E-state index in [1.54, 1.807) is 19.9 Å². The third-order valence-corrected chi connectivity index (χ3v) is 5.43. The van der Waals surface area contributed by atoms with Crippen molar-refractivity contribution < 1.29 is 17.8 Å². The van der Waals surface area contributed by atoms with E-state index in [0.717, 1.165) is 5.56 Å². The number of carbonyl (C=O) groups is 1. The molecule has 10 heteroatoms. The van der Waals surface area contributed by atoms with Gasteiger partial charge in [-0.1, -0.05) is 23.7 Å². The summed E-state index contributed by atoms with van der Waals surface area (Å²) in [5, 5.41) is 13.6. The van der Waals surface area contributed by atoms with Gasteiger partial charge in [-0.25, -0.2) is 0 Å². The molecule has 0 spiro atoms. The van der Waals surface area contributed by atoms with Crippen LogP contribution in [0.25, 0.3) is 0 Å². The zero-order valence-electron chi connectivity index (χ0n) is 15.3. The molecule has 1 atom stereocenters. The summed E-state index contributed by atoms with van der Waals surface area (Å²) in [6.45, 7) is 5.12. The predicted octanol–water partition coefficient (Wildman–Crippen LogP) is 4.08. The SMILES string of the molecule is CC1=NN(c2cccc(C)c2)C(=O)C1/N=N/c1cc(Cl)c(C)cc1S(=O)(=O)O. The number of hydrogen-bond donors (Lipinski definition) is 1. The van der Waals surface area contributed by atoms with E-state index in [0.29, 0.717) is 17.0 Å². The van der Waals surface area contributed by atoms with Gasteiger partial charge in [0, 0.05) is 5.02 Å². The van der Waals surface area contributed by atoms with Crippen LogP contribution >= 0.6 is 11.6 Å².